The van der Waals surface area contributed by atoms with Crippen molar-refractivity contribution in [3.05, 3.63) is 60.3 Å². The minimum absolute atomic E-state index is 0.529. The Balaban J connectivity index is 1.59. The Labute approximate surface area is 138 Å². The van der Waals surface area contributed by atoms with Crippen molar-refractivity contribution in [3.8, 4) is 34.0 Å². The summed E-state index contributed by atoms with van der Waals surface area (Å²) in [7, 11) is 0. The SMILES string of the molecule is Cc1nnc(-c2ccc(-c3ccc(-c4nnc(C)o4)cc3)cc2)o1. The van der Waals surface area contributed by atoms with Crippen LogP contribution in [0.15, 0.2) is 57.4 Å². The van der Waals surface area contributed by atoms with E-state index in [1.54, 1.807) is 13.8 Å². The van der Waals surface area contributed by atoms with Crippen molar-refractivity contribution < 1.29 is 8.83 Å². The number of aromatic nitrogens is 4. The topological polar surface area (TPSA) is 77.8 Å². The van der Waals surface area contributed by atoms with Gasteiger partial charge in [0.25, 0.3) is 0 Å². The third kappa shape index (κ3) is 2.69. The largest absolute Gasteiger partial charge is 0.421 e. The maximum atomic E-state index is 5.44. The van der Waals surface area contributed by atoms with E-state index in [-0.39, 0.29) is 0 Å². The highest BCUT2D eigenvalue weighted by Crippen LogP contribution is 2.26. The average Bonchev–Trinajstić information content (AvgIpc) is 3.24. The van der Waals surface area contributed by atoms with Gasteiger partial charge in [0.2, 0.25) is 23.6 Å². The van der Waals surface area contributed by atoms with Crippen molar-refractivity contribution in [1.82, 2.24) is 20.4 Å². The van der Waals surface area contributed by atoms with Gasteiger partial charge in [-0.2, -0.15) is 0 Å². The number of hydrogen-bond acceptors (Lipinski definition) is 6. The number of rotatable bonds is 3. The molecule has 0 fully saturated rings. The molecule has 6 heteroatoms. The second-order valence-electron chi connectivity index (χ2n) is 5.41. The van der Waals surface area contributed by atoms with Crippen LogP contribution in [0.25, 0.3) is 34.0 Å². The van der Waals surface area contributed by atoms with Gasteiger partial charge >= 0.3 is 0 Å². The Hall–Kier alpha value is -3.28. The summed E-state index contributed by atoms with van der Waals surface area (Å²) in [6.45, 7) is 3.55. The molecule has 0 aliphatic carbocycles. The van der Waals surface area contributed by atoms with Gasteiger partial charge in [-0.05, 0) is 35.4 Å². The average molecular weight is 318 g/mol. The maximum Gasteiger partial charge on any atom is 0.247 e. The summed E-state index contributed by atoms with van der Waals surface area (Å²) >= 11 is 0. The third-order valence-electron chi connectivity index (χ3n) is 3.65. The molecule has 0 spiro atoms. The van der Waals surface area contributed by atoms with Gasteiger partial charge in [0, 0.05) is 25.0 Å². The van der Waals surface area contributed by atoms with E-state index in [4.69, 9.17) is 8.83 Å². The Morgan fingerprint density at radius 3 is 1.12 bits per heavy atom. The van der Waals surface area contributed by atoms with Gasteiger partial charge in [0.1, 0.15) is 0 Å². The Bertz CT molecular complexity index is 887. The van der Waals surface area contributed by atoms with Crippen LogP contribution in [-0.2, 0) is 0 Å². The molecular formula is C18H14N4O2. The summed E-state index contributed by atoms with van der Waals surface area (Å²) in [5.74, 6) is 2.17. The van der Waals surface area contributed by atoms with E-state index < -0.39 is 0 Å². The van der Waals surface area contributed by atoms with Crippen LogP contribution in [0.5, 0.6) is 0 Å². The van der Waals surface area contributed by atoms with Crippen molar-refractivity contribution in [2.45, 2.75) is 13.8 Å². The second kappa shape index (κ2) is 5.73. The molecule has 6 nitrogen and oxygen atoms in total. The fourth-order valence-corrected chi connectivity index (χ4v) is 2.44. The summed E-state index contributed by atoms with van der Waals surface area (Å²) in [5, 5.41) is 15.7. The zero-order valence-electron chi connectivity index (χ0n) is 13.2. The van der Waals surface area contributed by atoms with Crippen LogP contribution in [0, 0.1) is 13.8 Å². The summed E-state index contributed by atoms with van der Waals surface area (Å²) < 4.78 is 10.9. The van der Waals surface area contributed by atoms with Gasteiger partial charge in [-0.1, -0.05) is 24.3 Å². The Morgan fingerprint density at radius 1 is 0.500 bits per heavy atom. The number of nitrogens with zero attached hydrogens (tertiary/aromatic N) is 4. The lowest BCUT2D eigenvalue weighted by atomic mass is 10.0. The first-order chi connectivity index (χ1) is 11.7. The van der Waals surface area contributed by atoms with Gasteiger partial charge in [-0.3, -0.25) is 0 Å². The van der Waals surface area contributed by atoms with Gasteiger partial charge in [0.15, 0.2) is 0 Å². The Morgan fingerprint density at radius 2 is 0.833 bits per heavy atom. The summed E-state index contributed by atoms with van der Waals surface area (Å²) in [4.78, 5) is 0. The molecule has 2 heterocycles. The maximum absolute atomic E-state index is 5.44. The quantitative estimate of drug-likeness (QED) is 0.566. The second-order valence-corrected chi connectivity index (χ2v) is 5.41. The van der Waals surface area contributed by atoms with Crippen LogP contribution in [0.1, 0.15) is 11.8 Å². The first kappa shape index (κ1) is 14.3. The molecule has 0 amide bonds. The molecule has 24 heavy (non-hydrogen) atoms. The first-order valence-electron chi connectivity index (χ1n) is 7.50. The number of hydrogen-bond donors (Lipinski definition) is 0. The molecule has 0 aliphatic heterocycles. The van der Waals surface area contributed by atoms with Crippen molar-refractivity contribution in [1.29, 1.82) is 0 Å². The zero-order valence-corrected chi connectivity index (χ0v) is 13.2. The molecule has 118 valence electrons. The van der Waals surface area contributed by atoms with Gasteiger partial charge in [-0.25, -0.2) is 0 Å². The Kier molecular flexibility index (Phi) is 3.42. The van der Waals surface area contributed by atoms with Crippen LogP contribution in [0.4, 0.5) is 0 Å². The molecule has 0 unspecified atom stereocenters. The van der Waals surface area contributed by atoms with E-state index >= 15 is 0 Å². The lowest BCUT2D eigenvalue weighted by Crippen LogP contribution is -1.82. The molecule has 0 radical (unpaired) electrons. The molecule has 0 saturated heterocycles. The molecule has 2 aromatic carbocycles. The van der Waals surface area contributed by atoms with Crippen LogP contribution >= 0.6 is 0 Å². The zero-order chi connectivity index (χ0) is 16.5. The number of benzene rings is 2. The lowest BCUT2D eigenvalue weighted by molar-refractivity contribution is 0.532. The molecule has 0 aliphatic rings. The van der Waals surface area contributed by atoms with Crippen molar-refractivity contribution >= 4 is 0 Å². The van der Waals surface area contributed by atoms with E-state index in [2.05, 4.69) is 20.4 Å². The lowest BCUT2D eigenvalue weighted by Gasteiger charge is -2.03. The monoisotopic (exact) mass is 318 g/mol. The summed E-state index contributed by atoms with van der Waals surface area (Å²) in [6, 6.07) is 16.0. The van der Waals surface area contributed by atoms with Gasteiger partial charge in [0.05, 0.1) is 0 Å². The van der Waals surface area contributed by atoms with Crippen LogP contribution in [0.2, 0.25) is 0 Å². The smallest absolute Gasteiger partial charge is 0.247 e. The predicted molar refractivity (Wildman–Crippen MR) is 87.9 cm³/mol. The normalized spacial score (nSPS) is 10.9. The highest BCUT2D eigenvalue weighted by molar-refractivity contribution is 5.69. The standard InChI is InChI=1S/C18H14N4O2/c1-11-19-21-17(23-11)15-7-3-13(4-8-15)14-5-9-16(10-6-14)18-22-20-12(2)24-18/h3-10H,1-2H3. The number of aryl methyl sites for hydroxylation is 2. The molecule has 2 aromatic heterocycles. The summed E-state index contributed by atoms with van der Waals surface area (Å²) in [5.41, 5.74) is 4.00. The fourth-order valence-electron chi connectivity index (χ4n) is 2.44. The van der Waals surface area contributed by atoms with E-state index in [0.717, 1.165) is 22.3 Å². The predicted octanol–water partition coefficient (Wildman–Crippen LogP) is 4.07. The minimum Gasteiger partial charge on any atom is -0.421 e. The van der Waals surface area contributed by atoms with Gasteiger partial charge in [-0.15, -0.1) is 20.4 Å². The third-order valence-corrected chi connectivity index (χ3v) is 3.65. The van der Waals surface area contributed by atoms with Crippen molar-refractivity contribution in [2.75, 3.05) is 0 Å². The molecule has 4 aromatic rings. The van der Waals surface area contributed by atoms with Crippen LogP contribution in [-0.4, -0.2) is 20.4 Å². The molecule has 4 rings (SSSR count). The molecule has 0 bridgehead atoms. The molecular weight excluding hydrogens is 304 g/mol. The highest BCUT2D eigenvalue weighted by atomic mass is 16.4. The highest BCUT2D eigenvalue weighted by Gasteiger charge is 2.08. The molecule has 0 N–H and O–H groups in total. The fraction of sp³-hybridized carbons (Fsp3) is 0.111. The van der Waals surface area contributed by atoms with E-state index in [0.29, 0.717) is 23.6 Å². The van der Waals surface area contributed by atoms with E-state index in [9.17, 15) is 0 Å². The minimum atomic E-state index is 0.529. The summed E-state index contributed by atoms with van der Waals surface area (Å²) in [6.07, 6.45) is 0. The van der Waals surface area contributed by atoms with Crippen LogP contribution < -0.4 is 0 Å². The van der Waals surface area contributed by atoms with E-state index in [1.807, 2.05) is 48.5 Å². The van der Waals surface area contributed by atoms with E-state index in [1.165, 1.54) is 0 Å². The molecule has 0 atom stereocenters. The van der Waals surface area contributed by atoms with Crippen LogP contribution in [0.3, 0.4) is 0 Å². The van der Waals surface area contributed by atoms with Crippen molar-refractivity contribution in [2.24, 2.45) is 0 Å². The molecule has 0 saturated carbocycles. The first-order valence-corrected chi connectivity index (χ1v) is 7.50. The van der Waals surface area contributed by atoms with Gasteiger partial charge < -0.3 is 8.83 Å². The van der Waals surface area contributed by atoms with Crippen molar-refractivity contribution in [3.63, 3.8) is 0 Å².